The number of nitrogens with zero attached hydrogens (tertiary/aromatic N) is 1. The molecule has 122 valence electrons. The molecule has 24 heavy (non-hydrogen) atoms. The molecule has 0 atom stereocenters. The summed E-state index contributed by atoms with van der Waals surface area (Å²) < 4.78 is 5.61. The number of aliphatic imine (C=N–C) groups is 1. The van der Waals surface area contributed by atoms with Crippen molar-refractivity contribution in [1.82, 2.24) is 5.32 Å². The molecule has 1 aliphatic rings. The summed E-state index contributed by atoms with van der Waals surface area (Å²) in [5.74, 6) is 1.11. The van der Waals surface area contributed by atoms with Crippen LogP contribution in [0, 0.1) is 0 Å². The molecule has 1 N–H and O–H groups in total. The Bertz CT molecular complexity index is 806. The molecule has 1 amide bonds. The van der Waals surface area contributed by atoms with Crippen LogP contribution in [0.5, 0.6) is 5.75 Å². The predicted octanol–water partition coefficient (Wildman–Crippen LogP) is 4.04. The Morgan fingerprint density at radius 3 is 2.38 bits per heavy atom. The highest BCUT2D eigenvalue weighted by molar-refractivity contribution is 6.30. The van der Waals surface area contributed by atoms with Gasteiger partial charge in [-0.25, -0.2) is 4.99 Å². The van der Waals surface area contributed by atoms with Crippen LogP contribution < -0.4 is 10.1 Å². The predicted molar refractivity (Wildman–Crippen MR) is 96.3 cm³/mol. The molecule has 0 fully saturated rings. The standard InChI is InChI=1S/C19H17ClN2O2/c1-12(2)24-16-9-3-13(4-10-16)11-17-19(23)22-18(21-17)14-5-7-15(20)8-6-14/h3-12H,1-2H3,(H,21,22,23)/b17-11+. The van der Waals surface area contributed by atoms with Crippen LogP contribution in [0.15, 0.2) is 59.2 Å². The smallest absolute Gasteiger partial charge is 0.275 e. The first-order valence-electron chi connectivity index (χ1n) is 7.65. The van der Waals surface area contributed by atoms with Gasteiger partial charge in [-0.15, -0.1) is 0 Å². The number of rotatable bonds is 4. The minimum Gasteiger partial charge on any atom is -0.491 e. The summed E-state index contributed by atoms with van der Waals surface area (Å²) in [5, 5.41) is 3.41. The van der Waals surface area contributed by atoms with Crippen molar-refractivity contribution in [2.45, 2.75) is 20.0 Å². The maximum Gasteiger partial charge on any atom is 0.275 e. The molecule has 0 unspecified atom stereocenters. The molecule has 3 rings (SSSR count). The number of hydrogen-bond donors (Lipinski definition) is 1. The van der Waals surface area contributed by atoms with E-state index in [-0.39, 0.29) is 12.0 Å². The molecule has 0 aromatic heterocycles. The van der Waals surface area contributed by atoms with Crippen molar-refractivity contribution in [3.8, 4) is 5.75 Å². The summed E-state index contributed by atoms with van der Waals surface area (Å²) in [4.78, 5) is 16.5. The van der Waals surface area contributed by atoms with Crippen LogP contribution in [0.1, 0.15) is 25.0 Å². The fraction of sp³-hybridized carbons (Fsp3) is 0.158. The van der Waals surface area contributed by atoms with Crippen LogP contribution in [0.2, 0.25) is 5.02 Å². The molecule has 2 aromatic rings. The van der Waals surface area contributed by atoms with Gasteiger partial charge in [0.15, 0.2) is 0 Å². The van der Waals surface area contributed by atoms with E-state index in [1.165, 1.54) is 0 Å². The number of nitrogens with one attached hydrogen (secondary N) is 1. The van der Waals surface area contributed by atoms with E-state index in [9.17, 15) is 4.79 Å². The SMILES string of the molecule is CC(C)Oc1ccc(/C=C2/N=C(c3ccc(Cl)cc3)NC2=O)cc1. The monoisotopic (exact) mass is 340 g/mol. The molecule has 4 nitrogen and oxygen atoms in total. The first kappa shape index (κ1) is 16.3. The number of ether oxygens (including phenoxy) is 1. The molecule has 0 saturated heterocycles. The normalized spacial score (nSPS) is 15.6. The number of halogens is 1. The first-order valence-corrected chi connectivity index (χ1v) is 8.03. The van der Waals surface area contributed by atoms with E-state index < -0.39 is 0 Å². The second kappa shape index (κ2) is 6.89. The Morgan fingerprint density at radius 1 is 1.08 bits per heavy atom. The van der Waals surface area contributed by atoms with Crippen LogP contribution in [-0.2, 0) is 4.79 Å². The van der Waals surface area contributed by atoms with Crippen LogP contribution in [0.4, 0.5) is 0 Å². The third-order valence-corrected chi connectivity index (χ3v) is 3.62. The fourth-order valence-corrected chi connectivity index (χ4v) is 2.41. The highest BCUT2D eigenvalue weighted by atomic mass is 35.5. The molecular weight excluding hydrogens is 324 g/mol. The van der Waals surface area contributed by atoms with Gasteiger partial charge >= 0.3 is 0 Å². The van der Waals surface area contributed by atoms with Gasteiger partial charge in [-0.3, -0.25) is 4.79 Å². The van der Waals surface area contributed by atoms with Gasteiger partial charge in [-0.2, -0.15) is 0 Å². The van der Waals surface area contributed by atoms with Gasteiger partial charge in [0.1, 0.15) is 17.3 Å². The number of amidine groups is 1. The van der Waals surface area contributed by atoms with Crippen LogP contribution >= 0.6 is 11.6 Å². The van der Waals surface area contributed by atoms with Crippen molar-refractivity contribution >= 4 is 29.4 Å². The molecule has 1 heterocycles. The van der Waals surface area contributed by atoms with E-state index in [1.807, 2.05) is 50.2 Å². The molecule has 0 bridgehead atoms. The second-order valence-electron chi connectivity index (χ2n) is 5.69. The van der Waals surface area contributed by atoms with Crippen molar-refractivity contribution in [3.05, 3.63) is 70.4 Å². The van der Waals surface area contributed by atoms with Gasteiger partial charge in [-0.1, -0.05) is 23.7 Å². The second-order valence-corrected chi connectivity index (χ2v) is 6.12. The number of amides is 1. The maximum atomic E-state index is 12.1. The van der Waals surface area contributed by atoms with Gasteiger partial charge in [0.2, 0.25) is 0 Å². The first-order chi connectivity index (χ1) is 11.5. The third kappa shape index (κ3) is 3.84. The summed E-state index contributed by atoms with van der Waals surface area (Å²) in [6.45, 7) is 3.96. The zero-order chi connectivity index (χ0) is 17.1. The molecule has 2 aromatic carbocycles. The van der Waals surface area contributed by atoms with E-state index in [0.717, 1.165) is 16.9 Å². The van der Waals surface area contributed by atoms with Gasteiger partial charge < -0.3 is 10.1 Å². The number of carbonyl (C=O) groups is 1. The third-order valence-electron chi connectivity index (χ3n) is 3.37. The molecule has 0 radical (unpaired) electrons. The summed E-state index contributed by atoms with van der Waals surface area (Å²) in [7, 11) is 0. The lowest BCUT2D eigenvalue weighted by Crippen LogP contribution is -2.24. The van der Waals surface area contributed by atoms with Crippen molar-refractivity contribution in [1.29, 1.82) is 0 Å². The Hall–Kier alpha value is -2.59. The molecule has 1 aliphatic heterocycles. The maximum absolute atomic E-state index is 12.1. The van der Waals surface area contributed by atoms with Crippen LogP contribution in [0.25, 0.3) is 6.08 Å². The van der Waals surface area contributed by atoms with Crippen molar-refractivity contribution in [2.75, 3.05) is 0 Å². The number of carbonyl (C=O) groups excluding carboxylic acids is 1. The number of benzene rings is 2. The lowest BCUT2D eigenvalue weighted by molar-refractivity contribution is -0.115. The zero-order valence-corrected chi connectivity index (χ0v) is 14.2. The molecule has 5 heteroatoms. The van der Waals surface area contributed by atoms with E-state index in [2.05, 4.69) is 10.3 Å². The summed E-state index contributed by atoms with van der Waals surface area (Å²) in [6.07, 6.45) is 1.87. The Labute approximate surface area is 145 Å². The lowest BCUT2D eigenvalue weighted by Gasteiger charge is -2.09. The van der Waals surface area contributed by atoms with Gasteiger partial charge in [-0.05, 0) is 61.9 Å². The Kier molecular flexibility index (Phi) is 4.67. The van der Waals surface area contributed by atoms with Gasteiger partial charge in [0.25, 0.3) is 5.91 Å². The lowest BCUT2D eigenvalue weighted by atomic mass is 10.2. The Morgan fingerprint density at radius 2 is 1.75 bits per heavy atom. The van der Waals surface area contributed by atoms with E-state index >= 15 is 0 Å². The molecule has 0 aliphatic carbocycles. The highest BCUT2D eigenvalue weighted by Crippen LogP contribution is 2.19. The quantitative estimate of drug-likeness (QED) is 0.854. The topological polar surface area (TPSA) is 50.7 Å². The van der Waals surface area contributed by atoms with Gasteiger partial charge in [0.05, 0.1) is 6.10 Å². The average molecular weight is 341 g/mol. The largest absolute Gasteiger partial charge is 0.491 e. The summed E-state index contributed by atoms with van der Waals surface area (Å²) >= 11 is 5.88. The minimum absolute atomic E-state index is 0.126. The van der Waals surface area contributed by atoms with E-state index in [4.69, 9.17) is 16.3 Å². The Balaban J connectivity index is 1.81. The van der Waals surface area contributed by atoms with Crippen molar-refractivity contribution in [3.63, 3.8) is 0 Å². The van der Waals surface area contributed by atoms with E-state index in [0.29, 0.717) is 16.6 Å². The van der Waals surface area contributed by atoms with Crippen LogP contribution in [-0.4, -0.2) is 17.8 Å². The molecule has 0 spiro atoms. The van der Waals surface area contributed by atoms with Gasteiger partial charge in [0, 0.05) is 10.6 Å². The summed E-state index contributed by atoms with van der Waals surface area (Å²) in [5.41, 5.74) is 2.08. The molecule has 0 saturated carbocycles. The van der Waals surface area contributed by atoms with Crippen molar-refractivity contribution in [2.24, 2.45) is 4.99 Å². The fourth-order valence-electron chi connectivity index (χ4n) is 2.29. The summed E-state index contributed by atoms with van der Waals surface area (Å²) in [6, 6.07) is 14.7. The average Bonchev–Trinajstić information content (AvgIpc) is 2.90. The zero-order valence-electron chi connectivity index (χ0n) is 13.4. The van der Waals surface area contributed by atoms with Crippen molar-refractivity contribution < 1.29 is 9.53 Å². The molecular formula is C19H17ClN2O2. The number of hydrogen-bond acceptors (Lipinski definition) is 3. The minimum atomic E-state index is -0.220. The van der Waals surface area contributed by atoms with E-state index in [1.54, 1.807) is 18.2 Å². The highest BCUT2D eigenvalue weighted by Gasteiger charge is 2.20. The van der Waals surface area contributed by atoms with Crippen LogP contribution in [0.3, 0.4) is 0 Å².